The maximum Gasteiger partial charge on any atom is 0.222 e. The van der Waals surface area contributed by atoms with Crippen LogP contribution in [0, 0.1) is 0 Å². The number of rotatable bonds is 2. The van der Waals surface area contributed by atoms with Crippen molar-refractivity contribution in [1.82, 2.24) is 19.5 Å². The van der Waals surface area contributed by atoms with Crippen molar-refractivity contribution in [2.24, 2.45) is 0 Å². The van der Waals surface area contributed by atoms with Gasteiger partial charge in [-0.3, -0.25) is 4.79 Å². The van der Waals surface area contributed by atoms with Crippen LogP contribution in [0.15, 0.2) is 6.20 Å². The molecule has 1 fully saturated rings. The summed E-state index contributed by atoms with van der Waals surface area (Å²) in [6.45, 7) is 7.17. The van der Waals surface area contributed by atoms with Gasteiger partial charge in [0.2, 0.25) is 16.0 Å². The smallest absolute Gasteiger partial charge is 0.222 e. The molecule has 0 saturated carbocycles. The van der Waals surface area contributed by atoms with E-state index < -0.39 is 0 Å². The number of piperidine rings is 1. The van der Waals surface area contributed by atoms with E-state index in [1.165, 1.54) is 0 Å². The maximum absolute atomic E-state index is 11.5. The summed E-state index contributed by atoms with van der Waals surface area (Å²) >= 11 is 1.56. The molecule has 0 unspecified atom stereocenters. The lowest BCUT2D eigenvalue weighted by molar-refractivity contribution is -0.132. The third kappa shape index (κ3) is 2.88. The van der Waals surface area contributed by atoms with Crippen molar-refractivity contribution in [2.45, 2.75) is 45.1 Å². The minimum absolute atomic E-state index is 0.0352. The fourth-order valence-electron chi connectivity index (χ4n) is 2.42. The zero-order chi connectivity index (χ0) is 15.2. The molecule has 3 rings (SSSR count). The molecule has 0 bridgehead atoms. The molecule has 3 heterocycles. The van der Waals surface area contributed by atoms with Gasteiger partial charge >= 0.3 is 0 Å². The molecule has 1 aliphatic heterocycles. The molecule has 21 heavy (non-hydrogen) atoms. The highest BCUT2D eigenvalue weighted by atomic mass is 32.1. The second-order valence-electron chi connectivity index (χ2n) is 6.66. The van der Waals surface area contributed by atoms with Gasteiger partial charge in [-0.05, 0) is 6.42 Å². The summed E-state index contributed by atoms with van der Waals surface area (Å²) in [4.78, 5) is 18.8. The second-order valence-corrected chi connectivity index (χ2v) is 7.62. The fourth-order valence-corrected chi connectivity index (χ4v) is 3.28. The molecule has 0 radical (unpaired) electrons. The first-order valence-electron chi connectivity index (χ1n) is 7.20. The van der Waals surface area contributed by atoms with Crippen LogP contribution in [0.3, 0.4) is 0 Å². The summed E-state index contributed by atoms with van der Waals surface area (Å²) in [6.07, 6.45) is 3.46. The summed E-state index contributed by atoms with van der Waals surface area (Å²) in [5.41, 5.74) is 1.09. The average molecular weight is 307 g/mol. The predicted molar refractivity (Wildman–Crippen MR) is 83.8 cm³/mol. The average Bonchev–Trinajstić information content (AvgIpc) is 2.91. The van der Waals surface area contributed by atoms with Gasteiger partial charge in [-0.1, -0.05) is 32.1 Å². The Hall–Kier alpha value is -1.63. The zero-order valence-electron chi connectivity index (χ0n) is 12.9. The van der Waals surface area contributed by atoms with E-state index in [9.17, 15) is 4.79 Å². The molecule has 1 saturated heterocycles. The predicted octanol–water partition coefficient (Wildman–Crippen LogP) is 2.12. The Labute approximate surface area is 128 Å². The van der Waals surface area contributed by atoms with E-state index in [-0.39, 0.29) is 17.4 Å². The van der Waals surface area contributed by atoms with E-state index >= 15 is 0 Å². The normalized spacial score (nSPS) is 20.3. The van der Waals surface area contributed by atoms with Crippen LogP contribution in [0.25, 0.3) is 4.96 Å². The van der Waals surface area contributed by atoms with Crippen molar-refractivity contribution in [2.75, 3.05) is 18.9 Å². The molecule has 1 amide bonds. The Morgan fingerprint density at radius 1 is 1.43 bits per heavy atom. The number of anilines is 1. The molecule has 1 atom stereocenters. The van der Waals surface area contributed by atoms with E-state index in [2.05, 4.69) is 36.2 Å². The van der Waals surface area contributed by atoms with Crippen LogP contribution >= 0.6 is 11.3 Å². The Bertz CT molecular complexity index is 637. The van der Waals surface area contributed by atoms with Crippen LogP contribution in [0.2, 0.25) is 0 Å². The van der Waals surface area contributed by atoms with Crippen LogP contribution < -0.4 is 5.32 Å². The van der Waals surface area contributed by atoms with Crippen molar-refractivity contribution >= 4 is 27.3 Å². The summed E-state index contributed by atoms with van der Waals surface area (Å²) in [5.74, 6) is 0.219. The lowest BCUT2D eigenvalue weighted by Crippen LogP contribution is -2.43. The molecule has 2 aromatic rings. The number of likely N-dealkylation sites (N-methyl/N-ethyl adjacent to an activating group) is 1. The molecule has 0 spiro atoms. The van der Waals surface area contributed by atoms with E-state index in [1.54, 1.807) is 16.2 Å². The summed E-state index contributed by atoms with van der Waals surface area (Å²) < 4.78 is 1.84. The Kier molecular flexibility index (Phi) is 3.39. The van der Waals surface area contributed by atoms with Crippen molar-refractivity contribution in [1.29, 1.82) is 0 Å². The summed E-state index contributed by atoms with van der Waals surface area (Å²) in [5, 5.41) is 8.83. The van der Waals surface area contributed by atoms with Gasteiger partial charge in [0.05, 0.1) is 11.9 Å². The van der Waals surface area contributed by atoms with Crippen molar-refractivity contribution in [3.63, 3.8) is 0 Å². The van der Waals surface area contributed by atoms with Crippen LogP contribution in [-0.4, -0.2) is 45.0 Å². The molecule has 1 N–H and O–H groups in total. The molecule has 6 nitrogen and oxygen atoms in total. The van der Waals surface area contributed by atoms with Gasteiger partial charge in [-0.2, -0.15) is 0 Å². The number of hydrogen-bond acceptors (Lipinski definition) is 5. The summed E-state index contributed by atoms with van der Waals surface area (Å²) in [6, 6.07) is 0.269. The van der Waals surface area contributed by atoms with Gasteiger partial charge in [0, 0.05) is 31.5 Å². The van der Waals surface area contributed by atoms with Crippen molar-refractivity contribution in [3.8, 4) is 0 Å². The topological polar surface area (TPSA) is 62.5 Å². The molecule has 0 aromatic carbocycles. The number of hydrogen-bond donors (Lipinski definition) is 1. The number of nitrogens with one attached hydrogen (secondary N) is 1. The lowest BCUT2D eigenvalue weighted by atomic mass is 9.93. The third-order valence-electron chi connectivity index (χ3n) is 3.77. The largest absolute Gasteiger partial charge is 0.356 e. The van der Waals surface area contributed by atoms with Gasteiger partial charge in [0.25, 0.3) is 0 Å². The Morgan fingerprint density at radius 2 is 2.19 bits per heavy atom. The third-order valence-corrected chi connectivity index (χ3v) is 4.62. The van der Waals surface area contributed by atoms with Crippen LogP contribution in [0.5, 0.6) is 0 Å². The van der Waals surface area contributed by atoms with Gasteiger partial charge in [0.1, 0.15) is 0 Å². The van der Waals surface area contributed by atoms with Crippen LogP contribution in [0.1, 0.15) is 39.3 Å². The monoisotopic (exact) mass is 307 g/mol. The van der Waals surface area contributed by atoms with Crippen molar-refractivity contribution in [3.05, 3.63) is 11.9 Å². The number of imidazole rings is 1. The van der Waals surface area contributed by atoms with E-state index in [4.69, 9.17) is 0 Å². The number of likely N-dealkylation sites (tertiary alicyclic amines) is 1. The number of carbonyl (C=O) groups is 1. The van der Waals surface area contributed by atoms with E-state index in [1.807, 2.05) is 17.8 Å². The van der Waals surface area contributed by atoms with Crippen LogP contribution in [-0.2, 0) is 10.2 Å². The molecule has 7 heteroatoms. The standard InChI is InChI=1S/C14H21N5OS/c1-14(2,3)10-8-19-13(16-10)21-12(17-19)15-9-5-6-11(20)18(4)7-9/h8-9H,5-7H2,1-4H3,(H,15,17)/t9-/m0/s1. The Balaban J connectivity index is 1.73. The zero-order valence-corrected chi connectivity index (χ0v) is 13.7. The first-order chi connectivity index (χ1) is 9.83. The first kappa shape index (κ1) is 14.3. The SMILES string of the molecule is CN1C[C@@H](Nc2nn3cc(C(C)(C)C)nc3s2)CCC1=O. The van der Waals surface area contributed by atoms with Gasteiger partial charge < -0.3 is 10.2 Å². The van der Waals surface area contributed by atoms with E-state index in [0.717, 1.165) is 28.8 Å². The fraction of sp³-hybridized carbons (Fsp3) is 0.643. The molecule has 0 aliphatic carbocycles. The lowest BCUT2D eigenvalue weighted by Gasteiger charge is -2.29. The van der Waals surface area contributed by atoms with E-state index in [0.29, 0.717) is 6.42 Å². The number of aromatic nitrogens is 3. The molecule has 114 valence electrons. The highest BCUT2D eigenvalue weighted by Crippen LogP contribution is 2.26. The highest BCUT2D eigenvalue weighted by Gasteiger charge is 2.24. The van der Waals surface area contributed by atoms with Gasteiger partial charge in [-0.15, -0.1) is 5.10 Å². The minimum atomic E-state index is 0.0352. The quantitative estimate of drug-likeness (QED) is 0.923. The minimum Gasteiger partial charge on any atom is -0.356 e. The van der Waals surface area contributed by atoms with Gasteiger partial charge in [-0.25, -0.2) is 9.50 Å². The van der Waals surface area contributed by atoms with Crippen molar-refractivity contribution < 1.29 is 4.79 Å². The number of carbonyl (C=O) groups excluding carboxylic acids is 1. The second kappa shape index (κ2) is 4.98. The first-order valence-corrected chi connectivity index (χ1v) is 8.02. The number of amides is 1. The highest BCUT2D eigenvalue weighted by molar-refractivity contribution is 7.20. The summed E-state index contributed by atoms with van der Waals surface area (Å²) in [7, 11) is 1.85. The molecular formula is C14H21N5OS. The maximum atomic E-state index is 11.5. The molecule has 2 aromatic heterocycles. The Morgan fingerprint density at radius 3 is 2.81 bits per heavy atom. The van der Waals surface area contributed by atoms with Gasteiger partial charge in [0.15, 0.2) is 0 Å². The number of nitrogens with zero attached hydrogens (tertiary/aromatic N) is 4. The molecule has 1 aliphatic rings. The number of fused-ring (bicyclic) bond motifs is 1. The molecular weight excluding hydrogens is 286 g/mol. The van der Waals surface area contributed by atoms with Crippen LogP contribution in [0.4, 0.5) is 5.13 Å².